The second-order valence-electron chi connectivity index (χ2n) is 2.83. The van der Waals surface area contributed by atoms with Crippen molar-refractivity contribution >= 4 is 0 Å². The van der Waals surface area contributed by atoms with Gasteiger partial charge in [-0.15, -0.1) is 6.42 Å². The zero-order valence-electron chi connectivity index (χ0n) is 7.62. The number of rotatable bonds is 5. The third-order valence-electron chi connectivity index (χ3n) is 1.56. The summed E-state index contributed by atoms with van der Waals surface area (Å²) in [4.78, 5) is 0. The van der Waals surface area contributed by atoms with Crippen LogP contribution in [0.1, 0.15) is 26.2 Å². The first-order valence-electron chi connectivity index (χ1n) is 4.26. The maximum Gasteiger partial charge on any atom is 0.389 e. The summed E-state index contributed by atoms with van der Waals surface area (Å²) in [6.07, 6.45) is 0.958. The minimum absolute atomic E-state index is 0.0417. The second-order valence-corrected chi connectivity index (χ2v) is 2.83. The van der Waals surface area contributed by atoms with Gasteiger partial charge in [0.05, 0.1) is 6.04 Å². The molecule has 0 aromatic heterocycles. The SMILES string of the molecule is C#CC(CCC(F)(F)F)NCCC. The van der Waals surface area contributed by atoms with Gasteiger partial charge in [-0.2, -0.15) is 13.2 Å². The van der Waals surface area contributed by atoms with Gasteiger partial charge >= 0.3 is 6.18 Å². The van der Waals surface area contributed by atoms with Crippen LogP contribution in [0.15, 0.2) is 0 Å². The molecule has 0 rings (SSSR count). The standard InChI is InChI=1S/C9H14F3N/c1-3-7-13-8(4-2)5-6-9(10,11)12/h2,8,13H,3,5-7H2,1H3. The molecule has 13 heavy (non-hydrogen) atoms. The molecular formula is C9H14F3N. The Hall–Kier alpha value is -0.690. The highest BCUT2D eigenvalue weighted by Crippen LogP contribution is 2.21. The number of halogens is 3. The van der Waals surface area contributed by atoms with Gasteiger partial charge in [0.25, 0.3) is 0 Å². The lowest BCUT2D eigenvalue weighted by Gasteiger charge is -2.13. The van der Waals surface area contributed by atoms with Gasteiger partial charge < -0.3 is 5.32 Å². The number of terminal acetylenes is 1. The average molecular weight is 193 g/mol. The van der Waals surface area contributed by atoms with Crippen LogP contribution in [0, 0.1) is 12.3 Å². The molecule has 0 amide bonds. The van der Waals surface area contributed by atoms with Crippen molar-refractivity contribution in [2.75, 3.05) is 6.54 Å². The molecule has 0 aliphatic rings. The Morgan fingerprint density at radius 1 is 1.46 bits per heavy atom. The molecular weight excluding hydrogens is 179 g/mol. The van der Waals surface area contributed by atoms with E-state index < -0.39 is 18.6 Å². The number of alkyl halides is 3. The van der Waals surface area contributed by atoms with E-state index in [0.717, 1.165) is 6.42 Å². The second kappa shape index (κ2) is 5.87. The minimum Gasteiger partial charge on any atom is -0.304 e. The monoisotopic (exact) mass is 193 g/mol. The first-order chi connectivity index (χ1) is 5.99. The third kappa shape index (κ3) is 7.66. The largest absolute Gasteiger partial charge is 0.389 e. The van der Waals surface area contributed by atoms with Crippen LogP contribution in [-0.4, -0.2) is 18.8 Å². The van der Waals surface area contributed by atoms with Crippen LogP contribution < -0.4 is 5.32 Å². The maximum absolute atomic E-state index is 11.8. The van der Waals surface area contributed by atoms with E-state index in [9.17, 15) is 13.2 Å². The van der Waals surface area contributed by atoms with Crippen molar-refractivity contribution in [2.45, 2.75) is 38.4 Å². The van der Waals surface area contributed by atoms with Crippen molar-refractivity contribution in [1.82, 2.24) is 5.32 Å². The Balaban J connectivity index is 3.68. The number of hydrogen-bond donors (Lipinski definition) is 1. The molecule has 0 radical (unpaired) electrons. The highest BCUT2D eigenvalue weighted by atomic mass is 19.4. The van der Waals surface area contributed by atoms with Crippen molar-refractivity contribution in [1.29, 1.82) is 0 Å². The van der Waals surface area contributed by atoms with E-state index in [1.807, 2.05) is 6.92 Å². The molecule has 1 atom stereocenters. The Labute approximate surface area is 76.7 Å². The van der Waals surface area contributed by atoms with E-state index >= 15 is 0 Å². The Kier molecular flexibility index (Phi) is 5.56. The van der Waals surface area contributed by atoms with Crippen molar-refractivity contribution < 1.29 is 13.2 Å². The Morgan fingerprint density at radius 2 is 2.08 bits per heavy atom. The summed E-state index contributed by atoms with van der Waals surface area (Å²) in [6.45, 7) is 2.59. The van der Waals surface area contributed by atoms with Gasteiger partial charge in [0.15, 0.2) is 0 Å². The summed E-state index contributed by atoms with van der Waals surface area (Å²) >= 11 is 0. The molecule has 76 valence electrons. The van der Waals surface area contributed by atoms with Crippen molar-refractivity contribution in [3.8, 4) is 12.3 Å². The molecule has 0 saturated carbocycles. The summed E-state index contributed by atoms with van der Waals surface area (Å²) in [6, 6.07) is -0.457. The predicted octanol–water partition coefficient (Wildman–Crippen LogP) is 2.33. The molecule has 0 aromatic carbocycles. The summed E-state index contributed by atoms with van der Waals surface area (Å²) in [5.74, 6) is 2.30. The van der Waals surface area contributed by atoms with E-state index in [4.69, 9.17) is 6.42 Å². The fourth-order valence-corrected chi connectivity index (χ4v) is 0.871. The van der Waals surface area contributed by atoms with Gasteiger partial charge in [0.2, 0.25) is 0 Å². The first kappa shape index (κ1) is 12.3. The molecule has 0 heterocycles. The van der Waals surface area contributed by atoms with Gasteiger partial charge in [0, 0.05) is 6.42 Å². The van der Waals surface area contributed by atoms with Crippen LogP contribution in [0.3, 0.4) is 0 Å². The molecule has 1 unspecified atom stereocenters. The zero-order chi connectivity index (χ0) is 10.3. The number of nitrogens with one attached hydrogen (secondary N) is 1. The smallest absolute Gasteiger partial charge is 0.304 e. The first-order valence-corrected chi connectivity index (χ1v) is 4.26. The molecule has 1 N–H and O–H groups in total. The predicted molar refractivity (Wildman–Crippen MR) is 46.2 cm³/mol. The lowest BCUT2D eigenvalue weighted by atomic mass is 10.1. The lowest BCUT2D eigenvalue weighted by Crippen LogP contribution is -2.29. The quantitative estimate of drug-likeness (QED) is 0.661. The molecule has 4 heteroatoms. The molecule has 0 fully saturated rings. The van der Waals surface area contributed by atoms with E-state index in [0.29, 0.717) is 6.54 Å². The molecule has 0 bridgehead atoms. The minimum atomic E-state index is -4.11. The van der Waals surface area contributed by atoms with Crippen molar-refractivity contribution in [2.24, 2.45) is 0 Å². The molecule has 0 aliphatic heterocycles. The summed E-state index contributed by atoms with van der Waals surface area (Å²) in [5.41, 5.74) is 0. The van der Waals surface area contributed by atoms with E-state index in [2.05, 4.69) is 11.2 Å². The molecule has 0 saturated heterocycles. The zero-order valence-corrected chi connectivity index (χ0v) is 7.62. The average Bonchev–Trinajstić information content (AvgIpc) is 2.03. The lowest BCUT2D eigenvalue weighted by molar-refractivity contribution is -0.136. The van der Waals surface area contributed by atoms with E-state index in [1.54, 1.807) is 0 Å². The Bertz CT molecular complexity index is 169. The van der Waals surface area contributed by atoms with E-state index in [-0.39, 0.29) is 6.42 Å². The van der Waals surface area contributed by atoms with Crippen LogP contribution in [0.4, 0.5) is 13.2 Å². The van der Waals surface area contributed by atoms with Crippen molar-refractivity contribution in [3.63, 3.8) is 0 Å². The summed E-state index contributed by atoms with van der Waals surface area (Å²) in [5, 5.41) is 2.86. The van der Waals surface area contributed by atoms with Gasteiger partial charge in [0.1, 0.15) is 0 Å². The van der Waals surface area contributed by atoms with Crippen LogP contribution in [-0.2, 0) is 0 Å². The van der Waals surface area contributed by atoms with Crippen LogP contribution in [0.25, 0.3) is 0 Å². The van der Waals surface area contributed by atoms with Crippen molar-refractivity contribution in [3.05, 3.63) is 0 Å². The molecule has 0 aliphatic carbocycles. The molecule has 1 nitrogen and oxygen atoms in total. The van der Waals surface area contributed by atoms with Gasteiger partial charge in [-0.25, -0.2) is 0 Å². The molecule has 0 aromatic rings. The van der Waals surface area contributed by atoms with E-state index in [1.165, 1.54) is 0 Å². The highest BCUT2D eigenvalue weighted by Gasteiger charge is 2.27. The third-order valence-corrected chi connectivity index (χ3v) is 1.56. The fourth-order valence-electron chi connectivity index (χ4n) is 0.871. The highest BCUT2D eigenvalue weighted by molar-refractivity contribution is 4.98. The topological polar surface area (TPSA) is 12.0 Å². The van der Waals surface area contributed by atoms with Crippen LogP contribution in [0.2, 0.25) is 0 Å². The molecule has 0 spiro atoms. The van der Waals surface area contributed by atoms with Crippen LogP contribution >= 0.6 is 0 Å². The Morgan fingerprint density at radius 3 is 2.46 bits per heavy atom. The van der Waals surface area contributed by atoms with Crippen LogP contribution in [0.5, 0.6) is 0 Å². The summed E-state index contributed by atoms with van der Waals surface area (Å²) in [7, 11) is 0. The number of hydrogen-bond acceptors (Lipinski definition) is 1. The maximum atomic E-state index is 11.8. The van der Waals surface area contributed by atoms with Gasteiger partial charge in [-0.05, 0) is 19.4 Å². The van der Waals surface area contributed by atoms with Gasteiger partial charge in [-0.3, -0.25) is 0 Å². The fraction of sp³-hybridized carbons (Fsp3) is 0.778. The normalized spacial score (nSPS) is 13.8. The summed E-state index contributed by atoms with van der Waals surface area (Å²) < 4.78 is 35.3. The van der Waals surface area contributed by atoms with Gasteiger partial charge in [-0.1, -0.05) is 12.8 Å².